The summed E-state index contributed by atoms with van der Waals surface area (Å²) in [7, 11) is 1.76. The summed E-state index contributed by atoms with van der Waals surface area (Å²) in [5.74, 6) is -1.01. The summed E-state index contributed by atoms with van der Waals surface area (Å²) in [6.07, 6.45) is 1.67. The highest BCUT2D eigenvalue weighted by molar-refractivity contribution is 6.04. The van der Waals surface area contributed by atoms with Crippen LogP contribution in [0.25, 0.3) is 0 Å². The first-order valence-corrected chi connectivity index (χ1v) is 5.14. The van der Waals surface area contributed by atoms with Gasteiger partial charge in [0.25, 0.3) is 5.91 Å². The first-order valence-electron chi connectivity index (χ1n) is 5.14. The van der Waals surface area contributed by atoms with E-state index >= 15 is 0 Å². The maximum Gasteiger partial charge on any atom is 0.258 e. The number of anilines is 1. The SMILES string of the molecule is Cc1nn(C)cc1NC(=O)c1ccccc1F. The molecule has 2 aromatic rings. The van der Waals surface area contributed by atoms with Gasteiger partial charge < -0.3 is 5.32 Å². The average molecular weight is 233 g/mol. The molecule has 2 rings (SSSR count). The number of carbonyl (C=O) groups is 1. The molecule has 0 saturated carbocycles. The molecule has 1 amide bonds. The fourth-order valence-corrected chi connectivity index (χ4v) is 1.56. The van der Waals surface area contributed by atoms with E-state index in [2.05, 4.69) is 10.4 Å². The fraction of sp³-hybridized carbons (Fsp3) is 0.167. The second-order valence-corrected chi connectivity index (χ2v) is 3.74. The molecule has 0 aliphatic heterocycles. The Morgan fingerprint density at radius 3 is 2.71 bits per heavy atom. The number of halogens is 1. The predicted molar refractivity (Wildman–Crippen MR) is 62.3 cm³/mol. The van der Waals surface area contributed by atoms with Crippen LogP contribution in [0.3, 0.4) is 0 Å². The molecular weight excluding hydrogens is 221 g/mol. The van der Waals surface area contributed by atoms with Crippen LogP contribution in [0.4, 0.5) is 10.1 Å². The Balaban J connectivity index is 2.23. The van der Waals surface area contributed by atoms with E-state index in [1.165, 1.54) is 12.1 Å². The third kappa shape index (κ3) is 2.33. The van der Waals surface area contributed by atoms with Crippen molar-refractivity contribution in [3.05, 3.63) is 47.5 Å². The van der Waals surface area contributed by atoms with Crippen molar-refractivity contribution < 1.29 is 9.18 Å². The van der Waals surface area contributed by atoms with Crippen molar-refractivity contribution >= 4 is 11.6 Å². The lowest BCUT2D eigenvalue weighted by atomic mass is 10.2. The molecule has 5 heteroatoms. The van der Waals surface area contributed by atoms with Gasteiger partial charge in [-0.15, -0.1) is 0 Å². The summed E-state index contributed by atoms with van der Waals surface area (Å²) in [5.41, 5.74) is 1.30. The highest BCUT2D eigenvalue weighted by Gasteiger charge is 2.13. The lowest BCUT2D eigenvalue weighted by Crippen LogP contribution is -2.13. The highest BCUT2D eigenvalue weighted by atomic mass is 19.1. The van der Waals surface area contributed by atoms with Gasteiger partial charge in [-0.3, -0.25) is 9.48 Å². The van der Waals surface area contributed by atoms with Gasteiger partial charge >= 0.3 is 0 Å². The summed E-state index contributed by atoms with van der Waals surface area (Å²) in [6.45, 7) is 1.77. The van der Waals surface area contributed by atoms with Crippen LogP contribution in [-0.4, -0.2) is 15.7 Å². The van der Waals surface area contributed by atoms with Crippen LogP contribution in [0, 0.1) is 12.7 Å². The first kappa shape index (κ1) is 11.3. The maximum absolute atomic E-state index is 13.4. The second kappa shape index (κ2) is 4.37. The van der Waals surface area contributed by atoms with Crippen molar-refractivity contribution in [2.75, 3.05) is 5.32 Å². The normalized spacial score (nSPS) is 10.3. The number of rotatable bonds is 2. The minimum absolute atomic E-state index is 0.0238. The number of aryl methyl sites for hydroxylation is 2. The van der Waals surface area contributed by atoms with Crippen LogP contribution in [0.1, 0.15) is 16.1 Å². The molecule has 1 N–H and O–H groups in total. The predicted octanol–water partition coefficient (Wildman–Crippen LogP) is 2.12. The summed E-state index contributed by atoms with van der Waals surface area (Å²) in [4.78, 5) is 11.8. The Morgan fingerprint density at radius 1 is 1.41 bits per heavy atom. The van der Waals surface area contributed by atoms with Gasteiger partial charge in [0.05, 0.1) is 16.9 Å². The summed E-state index contributed by atoms with van der Waals surface area (Å²) in [6, 6.07) is 5.86. The zero-order valence-electron chi connectivity index (χ0n) is 9.57. The van der Waals surface area contributed by atoms with Crippen LogP contribution in [0.15, 0.2) is 30.5 Å². The lowest BCUT2D eigenvalue weighted by Gasteiger charge is -2.04. The van der Waals surface area contributed by atoms with E-state index in [1.807, 2.05) is 0 Å². The van der Waals surface area contributed by atoms with E-state index in [0.29, 0.717) is 11.4 Å². The molecule has 1 aromatic carbocycles. The molecular formula is C12H12FN3O. The molecule has 0 saturated heterocycles. The maximum atomic E-state index is 13.4. The van der Waals surface area contributed by atoms with Crippen molar-refractivity contribution in [3.63, 3.8) is 0 Å². The lowest BCUT2D eigenvalue weighted by molar-refractivity contribution is 0.102. The standard InChI is InChI=1S/C12H12FN3O/c1-8-11(7-16(2)15-8)14-12(17)9-5-3-4-6-10(9)13/h3-7H,1-2H3,(H,14,17). The number of hydrogen-bond donors (Lipinski definition) is 1. The summed E-state index contributed by atoms with van der Waals surface area (Å²) >= 11 is 0. The van der Waals surface area contributed by atoms with Crippen LogP contribution < -0.4 is 5.32 Å². The molecule has 0 aliphatic carbocycles. The molecule has 0 radical (unpaired) electrons. The van der Waals surface area contributed by atoms with Gasteiger partial charge in [0.15, 0.2) is 0 Å². The van der Waals surface area contributed by atoms with Gasteiger partial charge in [-0.2, -0.15) is 5.10 Å². The third-order valence-corrected chi connectivity index (χ3v) is 2.38. The molecule has 4 nitrogen and oxygen atoms in total. The molecule has 0 spiro atoms. The van der Waals surface area contributed by atoms with Gasteiger partial charge in [-0.25, -0.2) is 4.39 Å². The number of carbonyl (C=O) groups excluding carboxylic acids is 1. The summed E-state index contributed by atoms with van der Waals surface area (Å²) in [5, 5.41) is 6.71. The van der Waals surface area contributed by atoms with Crippen LogP contribution in [0.2, 0.25) is 0 Å². The smallest absolute Gasteiger partial charge is 0.258 e. The second-order valence-electron chi connectivity index (χ2n) is 3.74. The van der Waals surface area contributed by atoms with Crippen LogP contribution in [-0.2, 0) is 7.05 Å². The Bertz CT molecular complexity index is 563. The molecule has 0 unspecified atom stereocenters. The van der Waals surface area contributed by atoms with E-state index in [-0.39, 0.29) is 5.56 Å². The number of nitrogens with zero attached hydrogens (tertiary/aromatic N) is 2. The van der Waals surface area contributed by atoms with E-state index < -0.39 is 11.7 Å². The Morgan fingerprint density at radius 2 is 2.12 bits per heavy atom. The largest absolute Gasteiger partial charge is 0.319 e. The van der Waals surface area contributed by atoms with E-state index in [1.54, 1.807) is 37.0 Å². The van der Waals surface area contributed by atoms with Gasteiger partial charge in [0, 0.05) is 13.2 Å². The number of aromatic nitrogens is 2. The Kier molecular flexibility index (Phi) is 2.91. The van der Waals surface area contributed by atoms with Gasteiger partial charge in [-0.05, 0) is 19.1 Å². The topological polar surface area (TPSA) is 46.9 Å². The fourth-order valence-electron chi connectivity index (χ4n) is 1.56. The minimum Gasteiger partial charge on any atom is -0.319 e. The minimum atomic E-state index is -0.536. The molecule has 0 atom stereocenters. The number of hydrogen-bond acceptors (Lipinski definition) is 2. The van der Waals surface area contributed by atoms with E-state index in [0.717, 1.165) is 0 Å². The first-order chi connectivity index (χ1) is 8.08. The Labute approximate surface area is 98.1 Å². The number of amides is 1. The highest BCUT2D eigenvalue weighted by Crippen LogP contribution is 2.14. The van der Waals surface area contributed by atoms with Crippen molar-refractivity contribution in [1.29, 1.82) is 0 Å². The van der Waals surface area contributed by atoms with Gasteiger partial charge in [0.1, 0.15) is 5.82 Å². The molecule has 0 bridgehead atoms. The van der Waals surface area contributed by atoms with Gasteiger partial charge in [-0.1, -0.05) is 12.1 Å². The zero-order valence-corrected chi connectivity index (χ0v) is 9.57. The molecule has 1 aromatic heterocycles. The van der Waals surface area contributed by atoms with Crippen LogP contribution in [0.5, 0.6) is 0 Å². The van der Waals surface area contributed by atoms with Crippen molar-refractivity contribution in [1.82, 2.24) is 9.78 Å². The number of nitrogens with one attached hydrogen (secondary N) is 1. The third-order valence-electron chi connectivity index (χ3n) is 2.38. The van der Waals surface area contributed by atoms with Crippen molar-refractivity contribution in [2.45, 2.75) is 6.92 Å². The Hall–Kier alpha value is -2.17. The van der Waals surface area contributed by atoms with Gasteiger partial charge in [0.2, 0.25) is 0 Å². The van der Waals surface area contributed by atoms with Crippen LogP contribution >= 0.6 is 0 Å². The number of benzene rings is 1. The molecule has 0 fully saturated rings. The van der Waals surface area contributed by atoms with Crippen molar-refractivity contribution in [3.8, 4) is 0 Å². The molecule has 1 heterocycles. The zero-order chi connectivity index (χ0) is 12.4. The monoisotopic (exact) mass is 233 g/mol. The average Bonchev–Trinajstić information content (AvgIpc) is 2.58. The molecule has 17 heavy (non-hydrogen) atoms. The molecule has 0 aliphatic rings. The quantitative estimate of drug-likeness (QED) is 0.863. The molecule has 88 valence electrons. The van der Waals surface area contributed by atoms with E-state index in [9.17, 15) is 9.18 Å². The van der Waals surface area contributed by atoms with E-state index in [4.69, 9.17) is 0 Å². The van der Waals surface area contributed by atoms with Crippen molar-refractivity contribution in [2.24, 2.45) is 7.05 Å². The summed E-state index contributed by atoms with van der Waals surface area (Å²) < 4.78 is 15.0.